The second kappa shape index (κ2) is 6.97. The van der Waals surface area contributed by atoms with Crippen LogP contribution in [0.2, 0.25) is 0 Å². The van der Waals surface area contributed by atoms with Crippen LogP contribution in [0.15, 0.2) is 4.90 Å². The molecule has 0 aliphatic heterocycles. The highest BCUT2D eigenvalue weighted by Crippen LogP contribution is 2.36. The van der Waals surface area contributed by atoms with E-state index in [4.69, 9.17) is 5.73 Å². The number of hydrogen-bond acceptors (Lipinski definition) is 7. The topological polar surface area (TPSA) is 79.5 Å². The summed E-state index contributed by atoms with van der Waals surface area (Å²) in [6, 6.07) is 0.221. The van der Waals surface area contributed by atoms with Gasteiger partial charge in [-0.05, 0) is 36.9 Å². The largest absolute Gasteiger partial charge is 0.382 e. The van der Waals surface area contributed by atoms with Gasteiger partial charge in [0.25, 0.3) is 0 Å². The quantitative estimate of drug-likeness (QED) is 0.812. The summed E-state index contributed by atoms with van der Waals surface area (Å²) in [6.07, 6.45) is 3.02. The Hall–Kier alpha value is -0.510. The fourth-order valence-corrected chi connectivity index (χ4v) is 4.49. The maximum absolute atomic E-state index is 12.4. The van der Waals surface area contributed by atoms with Crippen LogP contribution in [0, 0.1) is 0 Å². The normalized spacial score (nSPS) is 13.7. The predicted molar refractivity (Wildman–Crippen MR) is 88.3 cm³/mol. The molecule has 116 valence electrons. The number of hydrogen-bond donors (Lipinski definition) is 1. The standard InChI is InChI=1S/C11H22N4O2S3/c1-8(6-7-18-5)15(4)11-9(10(12)13-19-11)20(16,17)14(2)3/h8H,6-7H2,1-5H3,(H2,12,13). The van der Waals surface area contributed by atoms with Crippen LogP contribution in [-0.2, 0) is 10.0 Å². The van der Waals surface area contributed by atoms with E-state index in [2.05, 4.69) is 17.6 Å². The molecule has 6 nitrogen and oxygen atoms in total. The molecule has 1 aromatic rings. The first-order valence-electron chi connectivity index (χ1n) is 6.12. The molecule has 0 amide bonds. The highest BCUT2D eigenvalue weighted by Gasteiger charge is 2.30. The molecule has 0 spiro atoms. The molecule has 0 saturated carbocycles. The van der Waals surface area contributed by atoms with Gasteiger partial charge in [0.1, 0.15) is 5.00 Å². The van der Waals surface area contributed by atoms with Crippen LogP contribution >= 0.6 is 23.3 Å². The minimum atomic E-state index is -3.58. The van der Waals surface area contributed by atoms with Gasteiger partial charge in [-0.3, -0.25) is 0 Å². The Morgan fingerprint density at radius 2 is 2.00 bits per heavy atom. The summed E-state index contributed by atoms with van der Waals surface area (Å²) >= 11 is 2.90. The van der Waals surface area contributed by atoms with Crippen LogP contribution in [0.4, 0.5) is 10.8 Å². The molecule has 0 aliphatic carbocycles. The van der Waals surface area contributed by atoms with Crippen LogP contribution in [0.3, 0.4) is 0 Å². The van der Waals surface area contributed by atoms with E-state index in [1.165, 1.54) is 14.1 Å². The van der Waals surface area contributed by atoms with E-state index in [0.717, 1.165) is 28.0 Å². The van der Waals surface area contributed by atoms with Gasteiger partial charge in [-0.25, -0.2) is 12.7 Å². The SMILES string of the molecule is CSCCC(C)N(C)c1snc(N)c1S(=O)(=O)N(C)C. The van der Waals surface area contributed by atoms with Crippen molar-refractivity contribution < 1.29 is 8.42 Å². The lowest BCUT2D eigenvalue weighted by molar-refractivity contribution is 0.521. The summed E-state index contributed by atoms with van der Waals surface area (Å²) in [7, 11) is 1.28. The molecule has 0 aromatic carbocycles. The first-order chi connectivity index (χ1) is 9.23. The second-order valence-electron chi connectivity index (χ2n) is 4.73. The minimum Gasteiger partial charge on any atom is -0.382 e. The van der Waals surface area contributed by atoms with Gasteiger partial charge < -0.3 is 10.6 Å². The molecular formula is C11H22N4O2S3. The molecule has 1 heterocycles. The number of anilines is 2. The first kappa shape index (κ1) is 17.5. The molecule has 2 N–H and O–H groups in total. The zero-order chi connectivity index (χ0) is 15.5. The average Bonchev–Trinajstić information content (AvgIpc) is 2.77. The molecule has 1 atom stereocenters. The van der Waals surface area contributed by atoms with Crippen molar-refractivity contribution in [1.82, 2.24) is 8.68 Å². The molecule has 0 fully saturated rings. The third-order valence-electron chi connectivity index (χ3n) is 3.12. The smallest absolute Gasteiger partial charge is 0.249 e. The van der Waals surface area contributed by atoms with Gasteiger partial charge in [-0.15, -0.1) is 0 Å². The minimum absolute atomic E-state index is 0.0719. The zero-order valence-corrected chi connectivity index (χ0v) is 14.9. The Morgan fingerprint density at radius 3 is 2.50 bits per heavy atom. The van der Waals surface area contributed by atoms with Crippen molar-refractivity contribution in [3.8, 4) is 0 Å². The number of aromatic nitrogens is 1. The summed E-state index contributed by atoms with van der Waals surface area (Å²) in [5, 5.41) is 0.602. The number of nitrogens with zero attached hydrogens (tertiary/aromatic N) is 3. The zero-order valence-electron chi connectivity index (χ0n) is 12.5. The lowest BCUT2D eigenvalue weighted by Gasteiger charge is -2.26. The maximum atomic E-state index is 12.4. The van der Waals surface area contributed by atoms with Crippen molar-refractivity contribution in [1.29, 1.82) is 0 Å². The monoisotopic (exact) mass is 338 g/mol. The second-order valence-corrected chi connectivity index (χ2v) is 8.56. The third kappa shape index (κ3) is 3.57. The Labute approximate surface area is 129 Å². The fourth-order valence-electron chi connectivity index (χ4n) is 1.62. The first-order valence-corrected chi connectivity index (χ1v) is 9.73. The van der Waals surface area contributed by atoms with E-state index in [1.54, 1.807) is 11.8 Å². The summed E-state index contributed by atoms with van der Waals surface area (Å²) in [5.41, 5.74) is 5.77. The highest BCUT2D eigenvalue weighted by molar-refractivity contribution is 7.98. The van der Waals surface area contributed by atoms with Crippen LogP contribution in [0.25, 0.3) is 0 Å². The molecule has 0 aliphatic rings. The van der Waals surface area contributed by atoms with E-state index in [1.807, 2.05) is 11.9 Å². The lowest BCUT2D eigenvalue weighted by atomic mass is 10.2. The van der Waals surface area contributed by atoms with Gasteiger partial charge in [-0.2, -0.15) is 16.1 Å². The third-order valence-corrected chi connectivity index (χ3v) is 6.72. The molecule has 0 saturated heterocycles. The lowest BCUT2D eigenvalue weighted by Crippen LogP contribution is -2.31. The Bertz CT molecular complexity index is 542. The fraction of sp³-hybridized carbons (Fsp3) is 0.727. The van der Waals surface area contributed by atoms with Gasteiger partial charge in [-0.1, -0.05) is 0 Å². The summed E-state index contributed by atoms with van der Waals surface area (Å²) in [5.74, 6) is 1.10. The predicted octanol–water partition coefficient (Wildman–Crippen LogP) is 1.55. The van der Waals surface area contributed by atoms with Crippen molar-refractivity contribution >= 4 is 44.1 Å². The average molecular weight is 339 g/mol. The van der Waals surface area contributed by atoms with Crippen LogP contribution in [0.1, 0.15) is 13.3 Å². The van der Waals surface area contributed by atoms with Crippen molar-refractivity contribution in [2.75, 3.05) is 43.8 Å². The van der Waals surface area contributed by atoms with E-state index in [9.17, 15) is 8.42 Å². The number of nitrogens with two attached hydrogens (primary N) is 1. The van der Waals surface area contributed by atoms with E-state index < -0.39 is 10.0 Å². The van der Waals surface area contributed by atoms with Crippen molar-refractivity contribution in [2.45, 2.75) is 24.3 Å². The van der Waals surface area contributed by atoms with E-state index >= 15 is 0 Å². The number of rotatable bonds is 7. The Morgan fingerprint density at radius 1 is 1.40 bits per heavy atom. The summed E-state index contributed by atoms with van der Waals surface area (Å²) in [4.78, 5) is 2.06. The number of sulfonamides is 1. The van der Waals surface area contributed by atoms with Crippen LogP contribution < -0.4 is 10.6 Å². The van der Waals surface area contributed by atoms with Crippen molar-refractivity contribution in [2.24, 2.45) is 0 Å². The number of nitrogen functional groups attached to an aromatic ring is 1. The molecular weight excluding hydrogens is 316 g/mol. The molecule has 1 unspecified atom stereocenters. The molecule has 1 aromatic heterocycles. The maximum Gasteiger partial charge on any atom is 0.249 e. The van der Waals surface area contributed by atoms with Gasteiger partial charge in [0, 0.05) is 27.2 Å². The van der Waals surface area contributed by atoms with Gasteiger partial charge in [0.2, 0.25) is 10.0 Å². The molecule has 9 heteroatoms. The molecule has 0 radical (unpaired) electrons. The van der Waals surface area contributed by atoms with Crippen LogP contribution in [0.5, 0.6) is 0 Å². The van der Waals surface area contributed by atoms with Crippen LogP contribution in [-0.4, -0.2) is 56.3 Å². The van der Waals surface area contributed by atoms with Gasteiger partial charge in [0.05, 0.1) is 0 Å². The van der Waals surface area contributed by atoms with E-state index in [-0.39, 0.29) is 16.8 Å². The highest BCUT2D eigenvalue weighted by atomic mass is 32.2. The number of thioether (sulfide) groups is 1. The van der Waals surface area contributed by atoms with Gasteiger partial charge in [0.15, 0.2) is 10.7 Å². The Balaban J connectivity index is 3.15. The summed E-state index contributed by atoms with van der Waals surface area (Å²) < 4.78 is 29.9. The van der Waals surface area contributed by atoms with Crippen molar-refractivity contribution in [3.63, 3.8) is 0 Å². The van der Waals surface area contributed by atoms with E-state index in [0.29, 0.717) is 5.00 Å². The molecule has 1 rings (SSSR count). The van der Waals surface area contributed by atoms with Crippen molar-refractivity contribution in [3.05, 3.63) is 0 Å². The molecule has 0 bridgehead atoms. The summed E-state index contributed by atoms with van der Waals surface area (Å²) in [6.45, 7) is 2.07. The van der Waals surface area contributed by atoms with Gasteiger partial charge >= 0.3 is 0 Å². The Kier molecular flexibility index (Phi) is 6.11. The molecule has 20 heavy (non-hydrogen) atoms.